The molecule has 1 saturated heterocycles. The van der Waals surface area contributed by atoms with Crippen LogP contribution in [0.25, 0.3) is 0 Å². The fraction of sp³-hybridized carbons (Fsp3) is 0.346. The summed E-state index contributed by atoms with van der Waals surface area (Å²) in [7, 11) is -0.115. The molecule has 0 radical (unpaired) electrons. The Morgan fingerprint density at radius 3 is 2.32 bits per heavy atom. The molecule has 0 saturated carbocycles. The van der Waals surface area contributed by atoms with Gasteiger partial charge in [-0.3, -0.25) is 0 Å². The number of hydrogen-bond donors (Lipinski definition) is 0. The third-order valence-electron chi connectivity index (χ3n) is 6.80. The predicted octanol–water partition coefficient (Wildman–Crippen LogP) is 2.63. The van der Waals surface area contributed by atoms with Crippen molar-refractivity contribution in [3.8, 4) is 6.07 Å². The maximum Gasteiger partial charge on any atom is 0.244 e. The highest BCUT2D eigenvalue weighted by Gasteiger charge is 2.33. The first-order chi connectivity index (χ1) is 17.8. The number of benzene rings is 2. The minimum Gasteiger partial charge on any atom is -0.366 e. The molecule has 0 N–H and O–H groups in total. The zero-order valence-electron chi connectivity index (χ0n) is 20.8. The molecule has 3 heterocycles. The van der Waals surface area contributed by atoms with Crippen LogP contribution in [0.1, 0.15) is 16.8 Å². The highest BCUT2D eigenvalue weighted by atomic mass is 32.2. The standard InChI is InChI=1S/C26H28FN7O2S/c1-31(2)25-20-18-34(37(35,36)24-10-6-3-7-19(24)17-28)12-11-22(20)29-26(30-25)33-15-13-32(14-16-33)23-9-5-4-8-21(23)27/h3-10H,11-16,18H2,1-2H3. The van der Waals surface area contributed by atoms with Gasteiger partial charge in [-0.05, 0) is 24.3 Å². The van der Waals surface area contributed by atoms with E-state index in [1.165, 1.54) is 22.5 Å². The fourth-order valence-corrected chi connectivity index (χ4v) is 6.41. The van der Waals surface area contributed by atoms with Gasteiger partial charge in [-0.1, -0.05) is 24.3 Å². The number of sulfonamides is 1. The second-order valence-electron chi connectivity index (χ2n) is 9.29. The molecule has 0 aliphatic carbocycles. The van der Waals surface area contributed by atoms with Crippen molar-refractivity contribution >= 4 is 27.5 Å². The van der Waals surface area contributed by atoms with E-state index in [2.05, 4.69) is 4.90 Å². The van der Waals surface area contributed by atoms with Gasteiger partial charge in [0.15, 0.2) is 0 Å². The second-order valence-corrected chi connectivity index (χ2v) is 11.2. The van der Waals surface area contributed by atoms with Gasteiger partial charge in [-0.15, -0.1) is 0 Å². The zero-order chi connectivity index (χ0) is 26.2. The van der Waals surface area contributed by atoms with E-state index in [-0.39, 0.29) is 29.4 Å². The molecule has 192 valence electrons. The highest BCUT2D eigenvalue weighted by Crippen LogP contribution is 2.32. The van der Waals surface area contributed by atoms with Gasteiger partial charge < -0.3 is 14.7 Å². The van der Waals surface area contributed by atoms with Crippen molar-refractivity contribution in [2.45, 2.75) is 17.9 Å². The summed E-state index contributed by atoms with van der Waals surface area (Å²) in [5, 5.41) is 9.42. The van der Waals surface area contributed by atoms with Crippen molar-refractivity contribution in [2.75, 3.05) is 61.5 Å². The summed E-state index contributed by atoms with van der Waals surface area (Å²) in [4.78, 5) is 15.7. The number of aromatic nitrogens is 2. The Kier molecular flexibility index (Phi) is 6.70. The van der Waals surface area contributed by atoms with Crippen LogP contribution < -0.4 is 14.7 Å². The average Bonchev–Trinajstić information content (AvgIpc) is 2.92. The molecule has 2 aromatic carbocycles. The topological polar surface area (TPSA) is 96.7 Å². The Labute approximate surface area is 216 Å². The molecular formula is C26H28FN7O2S. The van der Waals surface area contributed by atoms with E-state index in [1.807, 2.05) is 36.0 Å². The molecule has 0 unspecified atom stereocenters. The summed E-state index contributed by atoms with van der Waals surface area (Å²) >= 11 is 0. The van der Waals surface area contributed by atoms with E-state index < -0.39 is 10.0 Å². The first-order valence-corrected chi connectivity index (χ1v) is 13.5. The Morgan fingerprint density at radius 2 is 1.62 bits per heavy atom. The number of nitrogens with zero attached hydrogens (tertiary/aromatic N) is 7. The van der Waals surface area contributed by atoms with Crippen molar-refractivity contribution in [3.05, 3.63) is 71.2 Å². The largest absolute Gasteiger partial charge is 0.366 e. The van der Waals surface area contributed by atoms with Gasteiger partial charge in [0.1, 0.15) is 17.7 Å². The van der Waals surface area contributed by atoms with E-state index in [9.17, 15) is 18.1 Å². The molecule has 37 heavy (non-hydrogen) atoms. The average molecular weight is 522 g/mol. The van der Waals surface area contributed by atoms with Crippen molar-refractivity contribution in [1.29, 1.82) is 5.26 Å². The molecule has 2 aliphatic heterocycles. The van der Waals surface area contributed by atoms with Crippen molar-refractivity contribution in [3.63, 3.8) is 0 Å². The number of rotatable bonds is 5. The normalized spacial score (nSPS) is 16.3. The Morgan fingerprint density at radius 1 is 0.946 bits per heavy atom. The third-order valence-corrected chi connectivity index (χ3v) is 8.70. The van der Waals surface area contributed by atoms with Crippen molar-refractivity contribution in [1.82, 2.24) is 14.3 Å². The summed E-state index contributed by atoms with van der Waals surface area (Å²) in [6.45, 7) is 2.97. The van der Waals surface area contributed by atoms with Gasteiger partial charge in [0.25, 0.3) is 0 Å². The smallest absolute Gasteiger partial charge is 0.244 e. The van der Waals surface area contributed by atoms with Crippen LogP contribution in [-0.2, 0) is 23.0 Å². The molecule has 5 rings (SSSR count). The lowest BCUT2D eigenvalue weighted by atomic mass is 10.1. The highest BCUT2D eigenvalue weighted by molar-refractivity contribution is 7.89. The number of piperazine rings is 1. The minimum absolute atomic E-state index is 0.0117. The number of hydrogen-bond acceptors (Lipinski definition) is 8. The van der Waals surface area contributed by atoms with Crippen LogP contribution in [0.15, 0.2) is 53.4 Å². The summed E-state index contributed by atoms with van der Waals surface area (Å²) in [6, 6.07) is 15.0. The maximum absolute atomic E-state index is 14.2. The first-order valence-electron chi connectivity index (χ1n) is 12.1. The SMILES string of the molecule is CN(C)c1nc(N2CCN(c3ccccc3F)CC2)nc2c1CN(S(=O)(=O)c1ccccc1C#N)CC2. The van der Waals surface area contributed by atoms with E-state index in [1.54, 1.807) is 24.3 Å². The summed E-state index contributed by atoms with van der Waals surface area (Å²) in [5.41, 5.74) is 2.32. The number of para-hydroxylation sites is 1. The second kappa shape index (κ2) is 9.95. The minimum atomic E-state index is -3.87. The monoisotopic (exact) mass is 521 g/mol. The van der Waals surface area contributed by atoms with Crippen LogP contribution in [0.2, 0.25) is 0 Å². The molecule has 0 atom stereocenters. The Bertz CT molecular complexity index is 1460. The number of anilines is 3. The predicted molar refractivity (Wildman–Crippen MR) is 140 cm³/mol. The number of nitriles is 1. The van der Waals surface area contributed by atoms with Crippen LogP contribution in [0, 0.1) is 17.1 Å². The van der Waals surface area contributed by atoms with E-state index >= 15 is 0 Å². The fourth-order valence-electron chi connectivity index (χ4n) is 4.85. The summed E-state index contributed by atoms with van der Waals surface area (Å²) in [5.74, 6) is 1.04. The van der Waals surface area contributed by atoms with Gasteiger partial charge in [-0.2, -0.15) is 14.6 Å². The van der Waals surface area contributed by atoms with E-state index in [0.717, 1.165) is 11.3 Å². The van der Waals surface area contributed by atoms with Gasteiger partial charge in [0, 0.05) is 65.3 Å². The number of fused-ring (bicyclic) bond motifs is 1. The van der Waals surface area contributed by atoms with Crippen molar-refractivity contribution < 1.29 is 12.8 Å². The quantitative estimate of drug-likeness (QED) is 0.506. The molecule has 11 heteroatoms. The molecule has 2 aliphatic rings. The van der Waals surface area contributed by atoms with Gasteiger partial charge >= 0.3 is 0 Å². The van der Waals surface area contributed by atoms with Crippen molar-refractivity contribution in [2.24, 2.45) is 0 Å². The summed E-state index contributed by atoms with van der Waals surface area (Å²) in [6.07, 6.45) is 0.439. The Hall–Kier alpha value is -3.75. The van der Waals surface area contributed by atoms with E-state index in [4.69, 9.17) is 9.97 Å². The summed E-state index contributed by atoms with van der Waals surface area (Å²) < 4.78 is 42.5. The van der Waals surface area contributed by atoms with Crippen LogP contribution in [0.5, 0.6) is 0 Å². The van der Waals surface area contributed by atoms with Gasteiger partial charge in [0.2, 0.25) is 16.0 Å². The molecule has 9 nitrogen and oxygen atoms in total. The number of halogens is 1. The Balaban J connectivity index is 1.39. The van der Waals surface area contributed by atoms with Gasteiger partial charge in [0.05, 0.1) is 21.8 Å². The molecule has 1 fully saturated rings. The molecule has 0 bridgehead atoms. The van der Waals surface area contributed by atoms with Crippen LogP contribution in [-0.4, -0.2) is 69.5 Å². The lowest BCUT2D eigenvalue weighted by Gasteiger charge is -2.37. The molecule has 0 spiro atoms. The lowest BCUT2D eigenvalue weighted by molar-refractivity contribution is 0.387. The van der Waals surface area contributed by atoms with Crippen LogP contribution in [0.3, 0.4) is 0 Å². The van der Waals surface area contributed by atoms with Gasteiger partial charge in [-0.25, -0.2) is 17.8 Å². The lowest BCUT2D eigenvalue weighted by Crippen LogP contribution is -2.47. The molecule has 0 amide bonds. The van der Waals surface area contributed by atoms with Crippen LogP contribution in [0.4, 0.5) is 21.8 Å². The maximum atomic E-state index is 14.2. The first kappa shape index (κ1) is 24.9. The third kappa shape index (κ3) is 4.70. The van der Waals surface area contributed by atoms with Crippen LogP contribution >= 0.6 is 0 Å². The molecular weight excluding hydrogens is 493 g/mol. The molecule has 3 aromatic rings. The zero-order valence-corrected chi connectivity index (χ0v) is 21.6. The van der Waals surface area contributed by atoms with E-state index in [0.29, 0.717) is 50.1 Å². The molecule has 1 aromatic heterocycles.